The molecule has 2 aromatic heterocycles. The predicted octanol–water partition coefficient (Wildman–Crippen LogP) is 5.47. The molecule has 35 heavy (non-hydrogen) atoms. The number of fused-ring (bicyclic) bond motifs is 3. The number of carboxylic acids is 1. The van der Waals surface area contributed by atoms with Crippen molar-refractivity contribution in [2.24, 2.45) is 7.05 Å². The maximum Gasteiger partial charge on any atom is 0.327 e. The Hall–Kier alpha value is -3.97. The van der Waals surface area contributed by atoms with Gasteiger partial charge in [-0.05, 0) is 17.5 Å². The number of hydrogen-bond donors (Lipinski definition) is 1. The van der Waals surface area contributed by atoms with Crippen LogP contribution in [0.1, 0.15) is 11.6 Å². The molecule has 7 heteroatoms. The molecule has 3 heterocycles. The summed E-state index contributed by atoms with van der Waals surface area (Å²) < 4.78 is 9.77. The summed E-state index contributed by atoms with van der Waals surface area (Å²) in [6.45, 7) is 0.188. The highest BCUT2D eigenvalue weighted by Gasteiger charge is 2.34. The van der Waals surface area contributed by atoms with Gasteiger partial charge in [0.05, 0.1) is 5.03 Å². The van der Waals surface area contributed by atoms with E-state index >= 15 is 0 Å². The van der Waals surface area contributed by atoms with E-state index in [9.17, 15) is 14.7 Å². The minimum Gasteiger partial charge on any atom is -0.488 e. The quantitative estimate of drug-likeness (QED) is 0.360. The second-order valence-electron chi connectivity index (χ2n) is 8.66. The number of benzene rings is 3. The van der Waals surface area contributed by atoms with E-state index in [-0.39, 0.29) is 12.2 Å². The number of thioether (sulfide) groups is 1. The number of carbonyl (C=O) groups is 1. The second-order valence-corrected chi connectivity index (χ2v) is 9.67. The van der Waals surface area contributed by atoms with Gasteiger partial charge in [0.1, 0.15) is 18.4 Å². The largest absolute Gasteiger partial charge is 0.488 e. The number of aliphatic carboxylic acids is 1. The maximum atomic E-state index is 13.1. The van der Waals surface area contributed by atoms with E-state index < -0.39 is 12.0 Å². The van der Waals surface area contributed by atoms with Crippen molar-refractivity contribution < 1.29 is 14.6 Å². The van der Waals surface area contributed by atoms with E-state index in [0.29, 0.717) is 10.8 Å². The van der Waals surface area contributed by atoms with Crippen LogP contribution in [0.15, 0.2) is 88.8 Å². The Bertz CT molecular complexity index is 1680. The third-order valence-electron chi connectivity index (χ3n) is 6.56. The molecule has 3 aromatic carbocycles. The number of rotatable bonds is 5. The van der Waals surface area contributed by atoms with Crippen molar-refractivity contribution >= 4 is 39.4 Å². The van der Waals surface area contributed by atoms with Crippen molar-refractivity contribution in [1.82, 2.24) is 9.13 Å². The van der Waals surface area contributed by atoms with E-state index in [1.807, 2.05) is 73.9 Å². The number of para-hydroxylation sites is 1. The van der Waals surface area contributed by atoms with Gasteiger partial charge in [-0.25, -0.2) is 4.79 Å². The summed E-state index contributed by atoms with van der Waals surface area (Å²) in [5.41, 5.74) is 3.30. The van der Waals surface area contributed by atoms with Crippen LogP contribution < -0.4 is 10.3 Å². The fourth-order valence-corrected chi connectivity index (χ4v) is 6.27. The molecule has 0 amide bonds. The molecule has 6 nitrogen and oxygen atoms in total. The Morgan fingerprint density at radius 3 is 2.63 bits per heavy atom. The summed E-state index contributed by atoms with van der Waals surface area (Å²) >= 11 is 1.41. The van der Waals surface area contributed by atoms with Crippen LogP contribution in [-0.4, -0.2) is 26.0 Å². The van der Waals surface area contributed by atoms with Gasteiger partial charge in [-0.1, -0.05) is 54.6 Å². The van der Waals surface area contributed by atoms with Crippen LogP contribution in [0.4, 0.5) is 0 Å². The molecule has 1 aliphatic rings. The van der Waals surface area contributed by atoms with Crippen LogP contribution in [0.25, 0.3) is 32.8 Å². The molecular formula is C28H22N2O4S. The monoisotopic (exact) mass is 482 g/mol. The van der Waals surface area contributed by atoms with Gasteiger partial charge < -0.3 is 14.4 Å². The molecule has 0 bridgehead atoms. The van der Waals surface area contributed by atoms with Gasteiger partial charge in [-0.2, -0.15) is 0 Å². The lowest BCUT2D eigenvalue weighted by molar-refractivity contribution is -0.140. The number of hydrogen-bond acceptors (Lipinski definition) is 4. The second kappa shape index (κ2) is 8.36. The highest BCUT2D eigenvalue weighted by Crippen LogP contribution is 2.43. The van der Waals surface area contributed by atoms with E-state index in [0.717, 1.165) is 44.1 Å². The van der Waals surface area contributed by atoms with Crippen LogP contribution >= 0.6 is 11.8 Å². The first kappa shape index (κ1) is 21.6. The average molecular weight is 483 g/mol. The molecule has 0 saturated heterocycles. The van der Waals surface area contributed by atoms with Crippen molar-refractivity contribution in [2.75, 3.05) is 5.75 Å². The zero-order valence-corrected chi connectivity index (χ0v) is 19.8. The minimum absolute atomic E-state index is 0.188. The van der Waals surface area contributed by atoms with Crippen molar-refractivity contribution in [3.8, 4) is 16.9 Å². The Balaban J connectivity index is 1.54. The zero-order chi connectivity index (χ0) is 24.1. The van der Waals surface area contributed by atoms with Crippen molar-refractivity contribution in [3.63, 3.8) is 0 Å². The topological polar surface area (TPSA) is 73.5 Å². The van der Waals surface area contributed by atoms with Crippen LogP contribution in [0.2, 0.25) is 0 Å². The SMILES string of the molecule is Cn1cc(-c2c(COc3cccc4ccccc34)cc(=O)n3c2SC[C@H]3C(=O)O)c2ccccc21. The zero-order valence-electron chi connectivity index (χ0n) is 19.0. The summed E-state index contributed by atoms with van der Waals surface area (Å²) in [5, 5.41) is 13.5. The first-order valence-electron chi connectivity index (χ1n) is 11.3. The Morgan fingerprint density at radius 2 is 1.80 bits per heavy atom. The number of nitrogens with zero attached hydrogens (tertiary/aromatic N) is 2. The summed E-state index contributed by atoms with van der Waals surface area (Å²) in [6.07, 6.45) is 2.04. The molecule has 0 saturated carbocycles. The average Bonchev–Trinajstić information content (AvgIpc) is 3.46. The first-order chi connectivity index (χ1) is 17.0. The van der Waals surface area contributed by atoms with Crippen molar-refractivity contribution in [3.05, 3.63) is 94.9 Å². The lowest BCUT2D eigenvalue weighted by atomic mass is 10.0. The molecule has 174 valence electrons. The number of pyridine rings is 1. The van der Waals surface area contributed by atoms with Gasteiger partial charge in [0.15, 0.2) is 0 Å². The van der Waals surface area contributed by atoms with E-state index in [1.54, 1.807) is 0 Å². The number of aromatic nitrogens is 2. The Morgan fingerprint density at radius 1 is 1.06 bits per heavy atom. The smallest absolute Gasteiger partial charge is 0.327 e. The maximum absolute atomic E-state index is 13.1. The molecule has 6 rings (SSSR count). The van der Waals surface area contributed by atoms with Crippen LogP contribution in [0, 0.1) is 0 Å². The summed E-state index contributed by atoms with van der Waals surface area (Å²) in [7, 11) is 1.99. The fraction of sp³-hybridized carbons (Fsp3) is 0.143. The minimum atomic E-state index is -0.998. The highest BCUT2D eigenvalue weighted by molar-refractivity contribution is 7.99. The molecule has 1 N–H and O–H groups in total. The molecule has 0 aliphatic carbocycles. The van der Waals surface area contributed by atoms with E-state index in [1.165, 1.54) is 22.4 Å². The Labute approximate surface area is 205 Å². The third kappa shape index (κ3) is 3.51. The van der Waals surface area contributed by atoms with Gasteiger partial charge in [-0.3, -0.25) is 9.36 Å². The fourth-order valence-electron chi connectivity index (χ4n) is 4.92. The van der Waals surface area contributed by atoms with Crippen LogP contribution in [-0.2, 0) is 18.4 Å². The normalized spacial score (nSPS) is 14.9. The van der Waals surface area contributed by atoms with E-state index in [4.69, 9.17) is 4.74 Å². The van der Waals surface area contributed by atoms with Gasteiger partial charge in [0.2, 0.25) is 0 Å². The number of carboxylic acid groups (broad SMARTS) is 1. The van der Waals surface area contributed by atoms with E-state index in [2.05, 4.69) is 10.6 Å². The summed E-state index contributed by atoms with van der Waals surface area (Å²) in [4.78, 5) is 25.0. The van der Waals surface area contributed by atoms with Crippen LogP contribution in [0.3, 0.4) is 0 Å². The van der Waals surface area contributed by atoms with Gasteiger partial charge in [-0.15, -0.1) is 11.8 Å². The van der Waals surface area contributed by atoms with Crippen molar-refractivity contribution in [1.29, 1.82) is 0 Å². The molecular weight excluding hydrogens is 460 g/mol. The summed E-state index contributed by atoms with van der Waals surface area (Å²) in [5.74, 6) is 0.0568. The number of aryl methyl sites for hydroxylation is 1. The molecule has 0 fully saturated rings. The van der Waals surface area contributed by atoms with Gasteiger partial charge in [0, 0.05) is 58.0 Å². The predicted molar refractivity (Wildman–Crippen MR) is 138 cm³/mol. The van der Waals surface area contributed by atoms with Crippen LogP contribution in [0.5, 0.6) is 5.75 Å². The molecule has 5 aromatic rings. The first-order valence-corrected chi connectivity index (χ1v) is 12.3. The molecule has 1 aliphatic heterocycles. The standard InChI is InChI=1S/C28H22N2O4S/c1-29-14-21(20-10-4-5-11-22(20)29)26-18(13-25(31)30-23(28(32)33)16-35-27(26)30)15-34-24-12-6-8-17-7-2-3-9-19(17)24/h2-14,23H,15-16H2,1H3,(H,32,33)/t23-/m0/s1. The molecule has 0 unspecified atom stereocenters. The lowest BCUT2D eigenvalue weighted by Gasteiger charge is -2.17. The van der Waals surface area contributed by atoms with Gasteiger partial charge in [0.25, 0.3) is 5.56 Å². The Kier molecular flexibility index (Phi) is 5.15. The third-order valence-corrected chi connectivity index (χ3v) is 7.72. The lowest BCUT2D eigenvalue weighted by Crippen LogP contribution is -2.29. The molecule has 0 radical (unpaired) electrons. The molecule has 0 spiro atoms. The summed E-state index contributed by atoms with van der Waals surface area (Å²) in [6, 6.07) is 22.7. The number of ether oxygens (including phenoxy) is 1. The van der Waals surface area contributed by atoms with Crippen molar-refractivity contribution in [2.45, 2.75) is 17.7 Å². The molecule has 1 atom stereocenters. The highest BCUT2D eigenvalue weighted by atomic mass is 32.2. The van der Waals surface area contributed by atoms with Gasteiger partial charge >= 0.3 is 5.97 Å².